The van der Waals surface area contributed by atoms with Crippen molar-refractivity contribution in [1.29, 1.82) is 0 Å². The van der Waals surface area contributed by atoms with E-state index >= 15 is 0 Å². The zero-order chi connectivity index (χ0) is 27.8. The zero-order valence-electron chi connectivity index (χ0n) is 19.2. The van der Waals surface area contributed by atoms with Gasteiger partial charge in [-0.1, -0.05) is 12.1 Å². The maximum Gasteiger partial charge on any atom is 0.277 e. The van der Waals surface area contributed by atoms with E-state index in [2.05, 4.69) is 15.8 Å². The summed E-state index contributed by atoms with van der Waals surface area (Å²) in [5.41, 5.74) is 1.27. The molecular weight excluding hydrogens is 504 g/mol. The Morgan fingerprint density at radius 1 is 0.842 bits per heavy atom. The van der Waals surface area contributed by atoms with Gasteiger partial charge in [0.05, 0.1) is 32.6 Å². The summed E-state index contributed by atoms with van der Waals surface area (Å²) >= 11 is 0. The summed E-state index contributed by atoms with van der Waals surface area (Å²) in [5, 5.41) is 48.7. The monoisotopic (exact) mass is 522 g/mol. The molecule has 0 aliphatic heterocycles. The van der Waals surface area contributed by atoms with Gasteiger partial charge in [-0.3, -0.25) is 39.9 Å². The maximum atomic E-state index is 12.9. The first-order valence-corrected chi connectivity index (χ1v) is 10.6. The van der Waals surface area contributed by atoms with Crippen LogP contribution in [-0.4, -0.2) is 43.9 Å². The number of phenolic OH excluding ortho intramolecular Hbond substituents is 1. The molecule has 0 heterocycles. The Balaban J connectivity index is 1.82. The standard InChI is InChI=1S/C23H18N6O9/c30-20-7-3-14(4-8-20)9-21(23(32)26-24-13-15-1-5-17(6-2-15)27(33)34)25-22(31)16-10-18(28(35)36)12-19(11-16)29(37)38/h1-8,10-13,21,30H,9H2,(H,25,31)(H,26,32)/b24-13-/t21-/m0/s1. The molecule has 38 heavy (non-hydrogen) atoms. The van der Waals surface area contributed by atoms with Crippen LogP contribution >= 0.6 is 0 Å². The Bertz CT molecular complexity index is 1390. The van der Waals surface area contributed by atoms with E-state index in [0.29, 0.717) is 17.2 Å². The molecule has 0 aliphatic rings. The van der Waals surface area contributed by atoms with Crippen LogP contribution in [0.1, 0.15) is 21.5 Å². The van der Waals surface area contributed by atoms with E-state index < -0.39 is 49.6 Å². The fourth-order valence-corrected chi connectivity index (χ4v) is 3.19. The first kappa shape index (κ1) is 26.9. The van der Waals surface area contributed by atoms with Crippen molar-refractivity contribution in [3.05, 3.63) is 114 Å². The van der Waals surface area contributed by atoms with Crippen LogP contribution < -0.4 is 10.7 Å². The first-order chi connectivity index (χ1) is 18.0. The van der Waals surface area contributed by atoms with Crippen LogP contribution in [-0.2, 0) is 11.2 Å². The summed E-state index contributed by atoms with van der Waals surface area (Å²) < 4.78 is 0. The van der Waals surface area contributed by atoms with Crippen molar-refractivity contribution in [2.45, 2.75) is 12.5 Å². The molecule has 3 aromatic carbocycles. The Morgan fingerprint density at radius 2 is 1.39 bits per heavy atom. The molecule has 0 fully saturated rings. The van der Waals surface area contributed by atoms with Crippen LogP contribution in [0.25, 0.3) is 0 Å². The summed E-state index contributed by atoms with van der Waals surface area (Å²) in [7, 11) is 0. The number of rotatable bonds is 10. The van der Waals surface area contributed by atoms with Gasteiger partial charge in [-0.05, 0) is 35.4 Å². The molecule has 0 saturated heterocycles. The number of hydrazone groups is 1. The molecule has 2 amide bonds. The average Bonchev–Trinajstić information content (AvgIpc) is 2.89. The summed E-state index contributed by atoms with van der Waals surface area (Å²) in [6.45, 7) is 0. The second-order valence-electron chi connectivity index (χ2n) is 7.73. The molecular formula is C23H18N6O9. The van der Waals surface area contributed by atoms with E-state index in [1.165, 1.54) is 54.7 Å². The number of carbonyl (C=O) groups is 2. The Labute approximate surface area is 212 Å². The smallest absolute Gasteiger partial charge is 0.277 e. The third-order valence-corrected chi connectivity index (χ3v) is 5.08. The van der Waals surface area contributed by atoms with Crippen molar-refractivity contribution in [3.8, 4) is 5.75 Å². The predicted octanol–water partition coefficient (Wildman–Crippen LogP) is 2.61. The van der Waals surface area contributed by atoms with Gasteiger partial charge in [0, 0.05) is 30.7 Å². The Morgan fingerprint density at radius 3 is 1.92 bits per heavy atom. The number of hydrogen-bond acceptors (Lipinski definition) is 10. The third-order valence-electron chi connectivity index (χ3n) is 5.08. The number of non-ortho nitro benzene ring substituents is 3. The molecule has 3 rings (SSSR count). The lowest BCUT2D eigenvalue weighted by Crippen LogP contribution is -2.46. The summed E-state index contributed by atoms with van der Waals surface area (Å²) in [6, 6.07) is 12.1. The average molecular weight is 522 g/mol. The van der Waals surface area contributed by atoms with Gasteiger partial charge in [0.2, 0.25) is 0 Å². The highest BCUT2D eigenvalue weighted by Crippen LogP contribution is 2.23. The molecule has 0 unspecified atom stereocenters. The molecule has 0 aromatic heterocycles. The van der Waals surface area contributed by atoms with Crippen LogP contribution in [0.4, 0.5) is 17.1 Å². The van der Waals surface area contributed by atoms with Gasteiger partial charge in [-0.25, -0.2) is 5.43 Å². The predicted molar refractivity (Wildman–Crippen MR) is 132 cm³/mol. The van der Waals surface area contributed by atoms with Crippen LogP contribution in [0.3, 0.4) is 0 Å². The van der Waals surface area contributed by atoms with E-state index in [-0.39, 0.29) is 17.9 Å². The molecule has 15 heteroatoms. The van der Waals surface area contributed by atoms with Crippen molar-refractivity contribution in [3.63, 3.8) is 0 Å². The number of aromatic hydroxyl groups is 1. The number of nitro groups is 3. The lowest BCUT2D eigenvalue weighted by molar-refractivity contribution is -0.394. The molecule has 3 N–H and O–H groups in total. The molecule has 0 aliphatic carbocycles. The summed E-state index contributed by atoms with van der Waals surface area (Å²) in [5.74, 6) is -1.82. The highest BCUT2D eigenvalue weighted by atomic mass is 16.6. The first-order valence-electron chi connectivity index (χ1n) is 10.6. The van der Waals surface area contributed by atoms with E-state index in [9.17, 15) is 45.0 Å². The van der Waals surface area contributed by atoms with Gasteiger partial charge in [-0.15, -0.1) is 0 Å². The van der Waals surface area contributed by atoms with Gasteiger partial charge in [0.15, 0.2) is 0 Å². The number of nitrogens with zero attached hydrogens (tertiary/aromatic N) is 4. The quantitative estimate of drug-likeness (QED) is 0.202. The molecule has 0 bridgehead atoms. The number of nitrogens with one attached hydrogen (secondary N) is 2. The highest BCUT2D eigenvalue weighted by Gasteiger charge is 2.25. The number of carbonyl (C=O) groups excluding carboxylic acids is 2. The molecule has 3 aromatic rings. The maximum absolute atomic E-state index is 12.9. The van der Waals surface area contributed by atoms with Crippen LogP contribution in [0.15, 0.2) is 71.8 Å². The molecule has 15 nitrogen and oxygen atoms in total. The van der Waals surface area contributed by atoms with Gasteiger partial charge in [0.25, 0.3) is 28.9 Å². The largest absolute Gasteiger partial charge is 0.508 e. The molecule has 194 valence electrons. The van der Waals surface area contributed by atoms with Crippen molar-refractivity contribution in [2.24, 2.45) is 5.10 Å². The van der Waals surface area contributed by atoms with Crippen LogP contribution in [0, 0.1) is 30.3 Å². The third kappa shape index (κ3) is 7.14. The minimum absolute atomic E-state index is 0.0320. The van der Waals surface area contributed by atoms with E-state index in [1.54, 1.807) is 0 Å². The SMILES string of the molecule is O=C(N[C@@H](Cc1ccc(O)cc1)C(=O)N/N=C\c1ccc([N+](=O)[O-])cc1)c1cc([N+](=O)[O-])cc([N+](=O)[O-])c1. The van der Waals surface area contributed by atoms with Crippen molar-refractivity contribution in [1.82, 2.24) is 10.7 Å². The number of hydrogen-bond donors (Lipinski definition) is 3. The fraction of sp³-hybridized carbons (Fsp3) is 0.0870. The number of benzene rings is 3. The Hall–Kier alpha value is -5.73. The lowest BCUT2D eigenvalue weighted by Gasteiger charge is -2.17. The minimum atomic E-state index is -1.29. The highest BCUT2D eigenvalue weighted by molar-refractivity contribution is 5.98. The van der Waals surface area contributed by atoms with E-state index in [4.69, 9.17) is 0 Å². The topological polar surface area (TPSA) is 220 Å². The van der Waals surface area contributed by atoms with Crippen molar-refractivity contribution < 1.29 is 29.5 Å². The molecule has 1 atom stereocenters. The van der Waals surface area contributed by atoms with E-state index in [0.717, 1.165) is 12.1 Å². The van der Waals surface area contributed by atoms with Gasteiger partial charge in [-0.2, -0.15) is 5.10 Å². The van der Waals surface area contributed by atoms with Crippen molar-refractivity contribution in [2.75, 3.05) is 0 Å². The minimum Gasteiger partial charge on any atom is -0.508 e. The van der Waals surface area contributed by atoms with Crippen LogP contribution in [0.2, 0.25) is 0 Å². The van der Waals surface area contributed by atoms with Crippen LogP contribution in [0.5, 0.6) is 5.75 Å². The van der Waals surface area contributed by atoms with E-state index in [1.807, 2.05) is 0 Å². The molecule has 0 spiro atoms. The van der Waals surface area contributed by atoms with Gasteiger partial charge >= 0.3 is 0 Å². The number of amides is 2. The molecule has 0 saturated carbocycles. The number of phenols is 1. The van der Waals surface area contributed by atoms with Gasteiger partial charge in [0.1, 0.15) is 11.8 Å². The van der Waals surface area contributed by atoms with Crippen molar-refractivity contribution >= 4 is 35.1 Å². The number of nitro benzene ring substituents is 3. The Kier molecular flexibility index (Phi) is 8.35. The zero-order valence-corrected chi connectivity index (χ0v) is 19.2. The lowest BCUT2D eigenvalue weighted by atomic mass is 10.0. The fourth-order valence-electron chi connectivity index (χ4n) is 3.19. The second-order valence-corrected chi connectivity index (χ2v) is 7.73. The van der Waals surface area contributed by atoms with Gasteiger partial charge < -0.3 is 10.4 Å². The second kappa shape index (κ2) is 11.8. The molecule has 0 radical (unpaired) electrons. The summed E-state index contributed by atoms with van der Waals surface area (Å²) in [4.78, 5) is 56.4. The summed E-state index contributed by atoms with van der Waals surface area (Å²) in [6.07, 6.45) is 1.12. The normalized spacial score (nSPS) is 11.5.